The molecule has 3 aromatic rings. The summed E-state index contributed by atoms with van der Waals surface area (Å²) < 4.78 is 10.2. The third kappa shape index (κ3) is 2.20. The van der Waals surface area contributed by atoms with E-state index in [4.69, 9.17) is 9.26 Å². The average Bonchev–Trinajstić information content (AvgIpc) is 3.07. The Balaban J connectivity index is 1.91. The third-order valence-corrected chi connectivity index (χ3v) is 2.72. The Morgan fingerprint density at radius 2 is 2.00 bits per heavy atom. The smallest absolute Gasteiger partial charge is 0.275 e. The average molecular weight is 256 g/mol. The van der Waals surface area contributed by atoms with Crippen molar-refractivity contribution in [1.82, 2.24) is 20.3 Å². The number of benzene rings is 1. The molecule has 6 nitrogen and oxygen atoms in total. The molecule has 1 aromatic carbocycles. The summed E-state index contributed by atoms with van der Waals surface area (Å²) in [5.74, 6) is 1.84. The maximum atomic E-state index is 5.12. The van der Waals surface area contributed by atoms with Crippen molar-refractivity contribution in [3.05, 3.63) is 36.2 Å². The minimum absolute atomic E-state index is 0.435. The first-order valence-corrected chi connectivity index (χ1v) is 5.77. The van der Waals surface area contributed by atoms with Crippen molar-refractivity contribution in [3.63, 3.8) is 0 Å². The number of hydrogen-bond acceptors (Lipinski definition) is 5. The third-order valence-electron chi connectivity index (χ3n) is 2.72. The normalized spacial score (nSPS) is 10.6. The van der Waals surface area contributed by atoms with Crippen molar-refractivity contribution < 1.29 is 9.26 Å². The lowest BCUT2D eigenvalue weighted by Crippen LogP contribution is -1.82. The van der Waals surface area contributed by atoms with E-state index in [0.29, 0.717) is 17.4 Å². The summed E-state index contributed by atoms with van der Waals surface area (Å²) in [7, 11) is 1.64. The molecular formula is C13H12N4O2. The number of aromatic nitrogens is 4. The Kier molecular flexibility index (Phi) is 2.75. The highest BCUT2D eigenvalue weighted by molar-refractivity contribution is 5.64. The van der Waals surface area contributed by atoms with E-state index in [0.717, 1.165) is 17.0 Å². The van der Waals surface area contributed by atoms with E-state index in [1.807, 2.05) is 30.3 Å². The van der Waals surface area contributed by atoms with Gasteiger partial charge < -0.3 is 9.26 Å². The van der Waals surface area contributed by atoms with Gasteiger partial charge in [0.25, 0.3) is 5.89 Å². The fourth-order valence-electron chi connectivity index (χ4n) is 1.75. The number of H-pyrrole nitrogens is 1. The van der Waals surface area contributed by atoms with E-state index >= 15 is 0 Å². The van der Waals surface area contributed by atoms with Crippen LogP contribution in [0, 0.1) is 6.92 Å². The number of nitrogens with zero attached hydrogens (tertiary/aromatic N) is 3. The van der Waals surface area contributed by atoms with Crippen LogP contribution in [0.5, 0.6) is 5.75 Å². The molecule has 0 aliphatic rings. The van der Waals surface area contributed by atoms with Crippen LogP contribution in [0.2, 0.25) is 0 Å². The molecule has 0 unspecified atom stereocenters. The predicted octanol–water partition coefficient (Wildman–Crippen LogP) is 2.44. The second kappa shape index (κ2) is 4.56. The predicted molar refractivity (Wildman–Crippen MR) is 68.6 cm³/mol. The molecule has 0 spiro atoms. The van der Waals surface area contributed by atoms with Gasteiger partial charge in [0.15, 0.2) is 5.82 Å². The number of hydrogen-bond donors (Lipinski definition) is 1. The number of methoxy groups -OCH3 is 1. The Morgan fingerprint density at radius 3 is 2.63 bits per heavy atom. The number of aromatic amines is 1. The van der Waals surface area contributed by atoms with Crippen molar-refractivity contribution in [2.24, 2.45) is 0 Å². The Labute approximate surface area is 109 Å². The first-order chi connectivity index (χ1) is 9.26. The van der Waals surface area contributed by atoms with Crippen LogP contribution in [0.25, 0.3) is 22.8 Å². The quantitative estimate of drug-likeness (QED) is 0.778. The summed E-state index contributed by atoms with van der Waals surface area (Å²) in [5, 5.41) is 10.9. The lowest BCUT2D eigenvalue weighted by Gasteiger charge is -1.99. The van der Waals surface area contributed by atoms with Gasteiger partial charge >= 0.3 is 0 Å². The molecule has 0 bridgehead atoms. The molecular weight excluding hydrogens is 244 g/mol. The van der Waals surface area contributed by atoms with Gasteiger partial charge in [0.05, 0.1) is 12.8 Å². The summed E-state index contributed by atoms with van der Waals surface area (Å²) >= 11 is 0. The summed E-state index contributed by atoms with van der Waals surface area (Å²) in [6.07, 6.45) is 0. The molecule has 96 valence electrons. The highest BCUT2D eigenvalue weighted by Crippen LogP contribution is 2.24. The zero-order valence-electron chi connectivity index (χ0n) is 10.5. The summed E-state index contributed by atoms with van der Waals surface area (Å²) in [6, 6.07) is 9.53. The maximum Gasteiger partial charge on any atom is 0.275 e. The van der Waals surface area contributed by atoms with Gasteiger partial charge in [-0.25, -0.2) is 0 Å². The zero-order valence-corrected chi connectivity index (χ0v) is 10.5. The monoisotopic (exact) mass is 256 g/mol. The van der Waals surface area contributed by atoms with Gasteiger partial charge in [-0.15, -0.1) is 0 Å². The highest BCUT2D eigenvalue weighted by atomic mass is 16.5. The Bertz CT molecular complexity index is 685. The van der Waals surface area contributed by atoms with Crippen LogP contribution < -0.4 is 4.74 Å². The standard InChI is InChI=1S/C13H12N4O2/c1-8-14-13(19-17-8)12-7-11(15-16-12)9-3-5-10(18-2)6-4-9/h3-7H,1-2H3,(H,15,16). The van der Waals surface area contributed by atoms with Gasteiger partial charge in [-0.3, -0.25) is 5.10 Å². The van der Waals surface area contributed by atoms with Crippen LogP contribution >= 0.6 is 0 Å². The first kappa shape index (κ1) is 11.5. The molecule has 0 aliphatic carbocycles. The minimum Gasteiger partial charge on any atom is -0.497 e. The van der Waals surface area contributed by atoms with Crippen molar-refractivity contribution in [3.8, 4) is 28.6 Å². The van der Waals surface area contributed by atoms with Crippen LogP contribution in [0.15, 0.2) is 34.9 Å². The molecule has 6 heteroatoms. The number of nitrogens with one attached hydrogen (secondary N) is 1. The van der Waals surface area contributed by atoms with E-state index in [1.165, 1.54) is 0 Å². The van der Waals surface area contributed by atoms with E-state index in [2.05, 4.69) is 20.3 Å². The molecule has 0 aliphatic heterocycles. The molecule has 0 atom stereocenters. The molecule has 2 aromatic heterocycles. The SMILES string of the molecule is COc1ccc(-c2cc(-c3nc(C)no3)[nH]n2)cc1. The lowest BCUT2D eigenvalue weighted by molar-refractivity contribution is 0.415. The first-order valence-electron chi connectivity index (χ1n) is 5.77. The fraction of sp³-hybridized carbons (Fsp3) is 0.154. The van der Waals surface area contributed by atoms with Crippen molar-refractivity contribution in [1.29, 1.82) is 0 Å². The Morgan fingerprint density at radius 1 is 1.21 bits per heavy atom. The van der Waals surface area contributed by atoms with Gasteiger partial charge in [0.2, 0.25) is 0 Å². The molecule has 2 heterocycles. The molecule has 0 fully saturated rings. The second-order valence-corrected chi connectivity index (χ2v) is 4.04. The minimum atomic E-state index is 0.435. The maximum absolute atomic E-state index is 5.12. The van der Waals surface area contributed by atoms with Crippen molar-refractivity contribution in [2.45, 2.75) is 6.92 Å². The van der Waals surface area contributed by atoms with E-state index in [-0.39, 0.29) is 0 Å². The molecule has 0 saturated heterocycles. The molecule has 1 N–H and O–H groups in total. The summed E-state index contributed by atoms with van der Waals surface area (Å²) in [4.78, 5) is 4.15. The lowest BCUT2D eigenvalue weighted by atomic mass is 10.1. The van der Waals surface area contributed by atoms with Gasteiger partial charge in [0, 0.05) is 5.56 Å². The highest BCUT2D eigenvalue weighted by Gasteiger charge is 2.11. The number of aryl methyl sites for hydroxylation is 1. The molecule has 19 heavy (non-hydrogen) atoms. The Hall–Kier alpha value is -2.63. The second-order valence-electron chi connectivity index (χ2n) is 4.04. The summed E-state index contributed by atoms with van der Waals surface area (Å²) in [6.45, 7) is 1.77. The molecule has 3 rings (SSSR count). The number of ether oxygens (including phenoxy) is 1. The van der Waals surface area contributed by atoms with Crippen LogP contribution in [0.1, 0.15) is 5.82 Å². The van der Waals surface area contributed by atoms with Crippen molar-refractivity contribution in [2.75, 3.05) is 7.11 Å². The fourth-order valence-corrected chi connectivity index (χ4v) is 1.75. The van der Waals surface area contributed by atoms with Crippen LogP contribution in [0.4, 0.5) is 0 Å². The van der Waals surface area contributed by atoms with E-state index in [9.17, 15) is 0 Å². The zero-order chi connectivity index (χ0) is 13.2. The largest absolute Gasteiger partial charge is 0.497 e. The van der Waals surface area contributed by atoms with Crippen LogP contribution in [-0.2, 0) is 0 Å². The molecule has 0 radical (unpaired) electrons. The van der Waals surface area contributed by atoms with E-state index < -0.39 is 0 Å². The van der Waals surface area contributed by atoms with Gasteiger partial charge in [-0.2, -0.15) is 10.1 Å². The van der Waals surface area contributed by atoms with Gasteiger partial charge in [-0.1, -0.05) is 5.16 Å². The van der Waals surface area contributed by atoms with Gasteiger partial charge in [0.1, 0.15) is 11.4 Å². The number of rotatable bonds is 3. The van der Waals surface area contributed by atoms with E-state index in [1.54, 1.807) is 14.0 Å². The van der Waals surface area contributed by atoms with Crippen molar-refractivity contribution >= 4 is 0 Å². The topological polar surface area (TPSA) is 76.8 Å². The van der Waals surface area contributed by atoms with Gasteiger partial charge in [-0.05, 0) is 37.3 Å². The molecule has 0 saturated carbocycles. The van der Waals surface area contributed by atoms with Crippen LogP contribution in [0.3, 0.4) is 0 Å². The summed E-state index contributed by atoms with van der Waals surface area (Å²) in [5.41, 5.74) is 2.50. The van der Waals surface area contributed by atoms with Crippen LogP contribution in [-0.4, -0.2) is 27.4 Å². The molecule has 0 amide bonds.